The van der Waals surface area contributed by atoms with Gasteiger partial charge in [-0.2, -0.15) is 0 Å². The third-order valence-electron chi connectivity index (χ3n) is 7.55. The molecule has 1 aromatic heterocycles. The molecule has 0 saturated heterocycles. The predicted octanol–water partition coefficient (Wildman–Crippen LogP) is 1.47. The highest BCUT2D eigenvalue weighted by Crippen LogP contribution is 2.53. The molecule has 1 fully saturated rings. The molecule has 0 bridgehead atoms. The van der Waals surface area contributed by atoms with Crippen molar-refractivity contribution < 1.29 is 34.8 Å². The van der Waals surface area contributed by atoms with Crippen molar-refractivity contribution in [2.45, 2.75) is 44.8 Å². The average Bonchev–Trinajstić information content (AvgIpc) is 2.78. The fourth-order valence-corrected chi connectivity index (χ4v) is 6.02. The standard InChI is InChI=1S/C25H31ClN4O7/c1-9(2)5-6-28-24-19(33)14-11(22(26)29-24)7-10-8-12-16(30(3)4)18(32)15(23(27)36)21(35)25(12,37)20(34)13(10)17(14)31/h9-10,12,16,31,33,35,37H,5-8H2,1-4H3,(H2,27,36)(H,28,29)/t10-,12-,16-,25-/m0/s1. The number of carbonyl (C=O) groups is 3. The molecule has 3 aliphatic carbocycles. The second-order valence-corrected chi connectivity index (χ2v) is 10.9. The van der Waals surface area contributed by atoms with Gasteiger partial charge in [0.1, 0.15) is 22.2 Å². The van der Waals surface area contributed by atoms with Gasteiger partial charge < -0.3 is 31.5 Å². The zero-order valence-electron chi connectivity index (χ0n) is 21.0. The Morgan fingerprint density at radius 3 is 2.49 bits per heavy atom. The van der Waals surface area contributed by atoms with E-state index in [1.807, 2.05) is 13.8 Å². The van der Waals surface area contributed by atoms with E-state index in [-0.39, 0.29) is 34.9 Å². The number of likely N-dealkylation sites (N-methyl/N-ethyl adjacent to an activating group) is 1. The third kappa shape index (κ3) is 3.96. The number of aliphatic hydroxyl groups is 3. The van der Waals surface area contributed by atoms with Crippen LogP contribution >= 0.6 is 11.6 Å². The Kier molecular flexibility index (Phi) is 6.76. The van der Waals surface area contributed by atoms with E-state index in [4.69, 9.17) is 17.3 Å². The SMILES string of the molecule is CC(C)CCNc1nc(Cl)c2c(c1O)C(O)=C1C(=O)[C@]3(O)C(O)=C(C(N)=O)C(=O)[C@@H](N(C)C)[C@@H]3C[C@@H]1C2. The molecule has 0 unspecified atom stereocenters. The van der Waals surface area contributed by atoms with Crippen LogP contribution in [0.2, 0.25) is 5.15 Å². The first-order valence-corrected chi connectivity index (χ1v) is 12.4. The first-order chi connectivity index (χ1) is 17.2. The van der Waals surface area contributed by atoms with Crippen LogP contribution < -0.4 is 11.1 Å². The quantitative estimate of drug-likeness (QED) is 0.230. The second-order valence-electron chi connectivity index (χ2n) is 10.5. The van der Waals surface area contributed by atoms with Gasteiger partial charge in [0.2, 0.25) is 5.78 Å². The van der Waals surface area contributed by atoms with Crippen LogP contribution in [-0.2, 0) is 20.8 Å². The largest absolute Gasteiger partial charge is 0.508 e. The molecule has 4 rings (SSSR count). The van der Waals surface area contributed by atoms with Gasteiger partial charge in [0.05, 0.1) is 11.6 Å². The summed E-state index contributed by atoms with van der Waals surface area (Å²) in [5, 5.41) is 47.7. The van der Waals surface area contributed by atoms with Gasteiger partial charge in [-0.3, -0.25) is 19.3 Å². The summed E-state index contributed by atoms with van der Waals surface area (Å²) < 4.78 is 0. The van der Waals surface area contributed by atoms with E-state index in [1.165, 1.54) is 4.90 Å². The summed E-state index contributed by atoms with van der Waals surface area (Å²) in [5.41, 5.74) is 1.78. The molecule has 1 aromatic rings. The highest BCUT2D eigenvalue weighted by Gasteiger charge is 2.64. The molecule has 1 saturated carbocycles. The van der Waals surface area contributed by atoms with Gasteiger partial charge in [0.25, 0.3) is 5.91 Å². The molecule has 0 aromatic carbocycles. The summed E-state index contributed by atoms with van der Waals surface area (Å²) in [6.07, 6.45) is 0.842. The molecule has 7 N–H and O–H groups in total. The summed E-state index contributed by atoms with van der Waals surface area (Å²) in [4.78, 5) is 44.7. The number of rotatable bonds is 6. The minimum Gasteiger partial charge on any atom is -0.508 e. The summed E-state index contributed by atoms with van der Waals surface area (Å²) >= 11 is 6.45. The van der Waals surface area contributed by atoms with Gasteiger partial charge in [0.15, 0.2) is 23.0 Å². The average molecular weight is 535 g/mol. The number of nitrogens with zero attached hydrogens (tertiary/aromatic N) is 2. The van der Waals surface area contributed by atoms with Crippen LogP contribution in [0.15, 0.2) is 16.9 Å². The zero-order chi connectivity index (χ0) is 27.6. The van der Waals surface area contributed by atoms with Crippen LogP contribution in [0.3, 0.4) is 0 Å². The normalized spacial score (nSPS) is 27.4. The van der Waals surface area contributed by atoms with Crippen molar-refractivity contribution in [2.75, 3.05) is 26.0 Å². The summed E-state index contributed by atoms with van der Waals surface area (Å²) in [5.74, 6) is -6.75. The van der Waals surface area contributed by atoms with Crippen molar-refractivity contribution >= 4 is 40.7 Å². The number of pyridine rings is 1. The molecule has 37 heavy (non-hydrogen) atoms. The van der Waals surface area contributed by atoms with Gasteiger partial charge in [-0.1, -0.05) is 25.4 Å². The molecule has 12 heteroatoms. The van der Waals surface area contributed by atoms with Gasteiger partial charge >= 0.3 is 0 Å². The number of aromatic nitrogens is 1. The number of ketones is 2. The number of hydrogen-bond acceptors (Lipinski definition) is 10. The van der Waals surface area contributed by atoms with Crippen molar-refractivity contribution in [3.63, 3.8) is 0 Å². The number of hydrogen-bond donors (Lipinski definition) is 6. The number of amides is 1. The summed E-state index contributed by atoms with van der Waals surface area (Å²) in [6, 6.07) is -1.15. The van der Waals surface area contributed by atoms with E-state index in [0.29, 0.717) is 18.0 Å². The summed E-state index contributed by atoms with van der Waals surface area (Å²) in [7, 11) is 3.08. The lowest BCUT2D eigenvalue weighted by Crippen LogP contribution is -2.65. The number of nitrogens with two attached hydrogens (primary N) is 1. The molecule has 4 atom stereocenters. The van der Waals surface area contributed by atoms with Gasteiger partial charge in [-0.25, -0.2) is 4.98 Å². The van der Waals surface area contributed by atoms with Gasteiger partial charge in [-0.05, 0) is 45.2 Å². The summed E-state index contributed by atoms with van der Waals surface area (Å²) in [6.45, 7) is 4.54. The lowest BCUT2D eigenvalue weighted by Gasteiger charge is -2.50. The fraction of sp³-hybridized carbons (Fsp3) is 0.520. The Labute approximate surface area is 218 Å². The molecule has 3 aliphatic rings. The van der Waals surface area contributed by atoms with Crippen LogP contribution in [0, 0.1) is 17.8 Å². The van der Waals surface area contributed by atoms with Crippen LogP contribution in [0.25, 0.3) is 5.76 Å². The number of aromatic hydroxyl groups is 1. The monoisotopic (exact) mass is 534 g/mol. The minimum atomic E-state index is -2.69. The fourth-order valence-electron chi connectivity index (χ4n) is 5.76. The lowest BCUT2D eigenvalue weighted by molar-refractivity contribution is -0.153. The molecular weight excluding hydrogens is 504 g/mol. The smallest absolute Gasteiger partial charge is 0.255 e. The van der Waals surface area contributed by atoms with Crippen LogP contribution in [-0.4, -0.2) is 80.1 Å². The molecule has 0 aliphatic heterocycles. The number of carbonyl (C=O) groups excluding carboxylic acids is 3. The van der Waals surface area contributed by atoms with E-state index < -0.39 is 63.8 Å². The maximum atomic E-state index is 13.8. The lowest BCUT2D eigenvalue weighted by atomic mass is 9.57. The number of aliphatic hydroxyl groups excluding tert-OH is 2. The van der Waals surface area contributed by atoms with Crippen molar-refractivity contribution in [1.29, 1.82) is 0 Å². The van der Waals surface area contributed by atoms with Crippen molar-refractivity contribution in [2.24, 2.45) is 23.5 Å². The molecule has 11 nitrogen and oxygen atoms in total. The van der Waals surface area contributed by atoms with Crippen molar-refractivity contribution in [3.05, 3.63) is 33.2 Å². The Bertz CT molecular complexity index is 1270. The van der Waals surface area contributed by atoms with Crippen molar-refractivity contribution in [3.8, 4) is 5.75 Å². The van der Waals surface area contributed by atoms with E-state index in [2.05, 4.69) is 10.3 Å². The van der Waals surface area contributed by atoms with E-state index in [0.717, 1.165) is 6.42 Å². The number of Topliss-reactive ketones (excluding diaryl/α,β-unsaturated/α-hetero) is 2. The highest BCUT2D eigenvalue weighted by atomic mass is 35.5. The first kappa shape index (κ1) is 26.9. The van der Waals surface area contributed by atoms with Gasteiger partial charge in [0, 0.05) is 23.6 Å². The topological polar surface area (TPSA) is 186 Å². The van der Waals surface area contributed by atoms with E-state index >= 15 is 0 Å². The molecule has 0 radical (unpaired) electrons. The Hall–Kier alpha value is -3.15. The highest BCUT2D eigenvalue weighted by molar-refractivity contribution is 6.31. The molecule has 1 amide bonds. The number of primary amides is 1. The van der Waals surface area contributed by atoms with Crippen LogP contribution in [0.5, 0.6) is 5.75 Å². The Morgan fingerprint density at radius 1 is 1.27 bits per heavy atom. The van der Waals surface area contributed by atoms with Crippen LogP contribution in [0.4, 0.5) is 5.82 Å². The maximum absolute atomic E-state index is 13.8. The molecule has 0 spiro atoms. The van der Waals surface area contributed by atoms with Crippen molar-refractivity contribution in [1.82, 2.24) is 9.88 Å². The number of fused-ring (bicyclic) bond motifs is 3. The number of anilines is 1. The predicted molar refractivity (Wildman–Crippen MR) is 135 cm³/mol. The van der Waals surface area contributed by atoms with Gasteiger partial charge in [-0.15, -0.1) is 0 Å². The third-order valence-corrected chi connectivity index (χ3v) is 7.86. The molecule has 1 heterocycles. The van der Waals surface area contributed by atoms with Crippen LogP contribution in [0.1, 0.15) is 37.8 Å². The first-order valence-electron chi connectivity index (χ1n) is 12.0. The Balaban J connectivity index is 1.88. The maximum Gasteiger partial charge on any atom is 0.255 e. The van der Waals surface area contributed by atoms with E-state index in [1.54, 1.807) is 14.1 Å². The minimum absolute atomic E-state index is 0.0166. The second kappa shape index (κ2) is 9.30. The number of halogens is 1. The molecular formula is C25H31ClN4O7. The van der Waals surface area contributed by atoms with E-state index in [9.17, 15) is 34.8 Å². The zero-order valence-corrected chi connectivity index (χ0v) is 21.8. The molecule has 200 valence electrons. The number of nitrogens with one attached hydrogen (secondary N) is 1. The Morgan fingerprint density at radius 2 is 1.92 bits per heavy atom.